The second kappa shape index (κ2) is 8.53. The van der Waals surface area contributed by atoms with Gasteiger partial charge in [0.25, 0.3) is 0 Å². The summed E-state index contributed by atoms with van der Waals surface area (Å²) in [7, 11) is -0.134. The van der Waals surface area contributed by atoms with Crippen molar-refractivity contribution in [2.45, 2.75) is 26.3 Å². The number of piperidine rings is 1. The highest BCUT2D eigenvalue weighted by Gasteiger charge is 2.31. The summed E-state index contributed by atoms with van der Waals surface area (Å²) in [6.45, 7) is 2.61. The Kier molecular flexibility index (Phi) is 6.66. The molecule has 1 atom stereocenters. The minimum Gasteiger partial charge on any atom is -0.496 e. The van der Waals surface area contributed by atoms with Crippen LogP contribution in [0.3, 0.4) is 0 Å². The summed E-state index contributed by atoms with van der Waals surface area (Å²) in [6.07, 6.45) is 1.37. The van der Waals surface area contributed by atoms with E-state index in [-0.39, 0.29) is 30.7 Å². The summed E-state index contributed by atoms with van der Waals surface area (Å²) < 4.78 is 36.1. The lowest BCUT2D eigenvalue weighted by Gasteiger charge is -2.31. The van der Waals surface area contributed by atoms with Crippen molar-refractivity contribution in [2.24, 2.45) is 5.92 Å². The van der Waals surface area contributed by atoms with E-state index in [1.54, 1.807) is 33.3 Å². The summed E-state index contributed by atoms with van der Waals surface area (Å²) >= 11 is 0. The van der Waals surface area contributed by atoms with Crippen molar-refractivity contribution < 1.29 is 22.7 Å². The zero-order valence-corrected chi connectivity index (χ0v) is 15.8. The highest BCUT2D eigenvalue weighted by Crippen LogP contribution is 2.28. The van der Waals surface area contributed by atoms with Gasteiger partial charge in [-0.2, -0.15) is 0 Å². The van der Waals surface area contributed by atoms with Crippen LogP contribution in [0.2, 0.25) is 0 Å². The van der Waals surface area contributed by atoms with E-state index in [9.17, 15) is 13.2 Å². The Hall–Kier alpha value is -1.80. The first-order chi connectivity index (χ1) is 11.9. The van der Waals surface area contributed by atoms with E-state index >= 15 is 0 Å². The summed E-state index contributed by atoms with van der Waals surface area (Å²) in [5.74, 6) is 0.844. The largest absolute Gasteiger partial charge is 0.496 e. The van der Waals surface area contributed by atoms with E-state index in [1.807, 2.05) is 6.07 Å². The molecular weight excluding hydrogens is 344 g/mol. The normalized spacial score (nSPS) is 18.6. The van der Waals surface area contributed by atoms with Gasteiger partial charge in [0.05, 0.1) is 38.0 Å². The molecule has 1 aliphatic rings. The maximum Gasteiger partial charge on any atom is 0.224 e. The predicted octanol–water partition coefficient (Wildman–Crippen LogP) is 1.38. The highest BCUT2D eigenvalue weighted by molar-refractivity contribution is 7.89. The fourth-order valence-corrected chi connectivity index (χ4v) is 4.19. The van der Waals surface area contributed by atoms with Gasteiger partial charge in [0.2, 0.25) is 15.9 Å². The van der Waals surface area contributed by atoms with Gasteiger partial charge in [-0.15, -0.1) is 0 Å². The first kappa shape index (κ1) is 19.5. The molecule has 0 bridgehead atoms. The monoisotopic (exact) mass is 370 g/mol. The number of hydrogen-bond acceptors (Lipinski definition) is 5. The average molecular weight is 370 g/mol. The molecule has 1 heterocycles. The van der Waals surface area contributed by atoms with E-state index in [0.29, 0.717) is 30.9 Å². The fourth-order valence-electron chi connectivity index (χ4n) is 3.01. The molecule has 1 amide bonds. The number of amides is 1. The number of ether oxygens (including phenoxy) is 2. The van der Waals surface area contributed by atoms with Crippen LogP contribution in [0.25, 0.3) is 0 Å². The number of rotatable bonds is 7. The van der Waals surface area contributed by atoms with Gasteiger partial charge in [0, 0.05) is 13.1 Å². The molecule has 0 aliphatic carbocycles. The van der Waals surface area contributed by atoms with Gasteiger partial charge in [-0.3, -0.25) is 4.79 Å². The summed E-state index contributed by atoms with van der Waals surface area (Å²) in [4.78, 5) is 12.5. The van der Waals surface area contributed by atoms with Crippen molar-refractivity contribution in [2.75, 3.05) is 33.1 Å². The Bertz CT molecular complexity index is 683. The number of hydrogen-bond donors (Lipinski definition) is 1. The number of nitrogens with one attached hydrogen (secondary N) is 1. The third kappa shape index (κ3) is 4.64. The van der Waals surface area contributed by atoms with Crippen LogP contribution in [0.4, 0.5) is 0 Å². The molecule has 140 valence electrons. The molecule has 1 aliphatic heterocycles. The highest BCUT2D eigenvalue weighted by atomic mass is 32.2. The molecular formula is C17H26N2O5S. The average Bonchev–Trinajstić information content (AvgIpc) is 2.65. The second-order valence-electron chi connectivity index (χ2n) is 5.96. The van der Waals surface area contributed by atoms with E-state index in [4.69, 9.17) is 9.47 Å². The molecule has 7 nitrogen and oxygen atoms in total. The van der Waals surface area contributed by atoms with Crippen molar-refractivity contribution >= 4 is 15.9 Å². The number of benzene rings is 1. The number of methoxy groups -OCH3 is 2. The Balaban J connectivity index is 2.03. The van der Waals surface area contributed by atoms with Crippen LogP contribution in [-0.4, -0.2) is 51.7 Å². The molecule has 0 radical (unpaired) electrons. The van der Waals surface area contributed by atoms with E-state index in [0.717, 1.165) is 5.56 Å². The predicted molar refractivity (Wildman–Crippen MR) is 95.2 cm³/mol. The van der Waals surface area contributed by atoms with Gasteiger partial charge >= 0.3 is 0 Å². The molecule has 1 unspecified atom stereocenters. The second-order valence-corrected chi connectivity index (χ2v) is 8.21. The third-order valence-electron chi connectivity index (χ3n) is 4.48. The lowest BCUT2D eigenvalue weighted by atomic mass is 9.98. The van der Waals surface area contributed by atoms with Gasteiger partial charge in [-0.05, 0) is 31.9 Å². The summed E-state index contributed by atoms with van der Waals surface area (Å²) in [5.41, 5.74) is 0.759. The number of sulfonamides is 1. The number of carbonyl (C=O) groups is 1. The molecule has 1 aromatic rings. The SMILES string of the molecule is CCS(=O)(=O)N1CCCC(C(=O)NCc2c(OC)cccc2OC)C1. The lowest BCUT2D eigenvalue weighted by Crippen LogP contribution is -2.45. The van der Waals surface area contributed by atoms with Gasteiger partial charge in [0.15, 0.2) is 0 Å². The smallest absolute Gasteiger partial charge is 0.224 e. The maximum atomic E-state index is 12.5. The van der Waals surface area contributed by atoms with Crippen LogP contribution in [0.5, 0.6) is 11.5 Å². The summed E-state index contributed by atoms with van der Waals surface area (Å²) in [5, 5.41) is 2.89. The molecule has 0 saturated carbocycles. The topological polar surface area (TPSA) is 84.9 Å². The van der Waals surface area contributed by atoms with Crippen molar-refractivity contribution in [1.82, 2.24) is 9.62 Å². The van der Waals surface area contributed by atoms with Gasteiger partial charge < -0.3 is 14.8 Å². The number of nitrogens with zero attached hydrogens (tertiary/aromatic N) is 1. The number of carbonyl (C=O) groups excluding carboxylic acids is 1. The molecule has 1 aromatic carbocycles. The maximum absolute atomic E-state index is 12.5. The molecule has 0 aromatic heterocycles. The molecule has 1 N–H and O–H groups in total. The van der Waals surface area contributed by atoms with Gasteiger partial charge in [-0.1, -0.05) is 6.07 Å². The zero-order chi connectivity index (χ0) is 18.4. The molecule has 1 saturated heterocycles. The Morgan fingerprint density at radius 2 is 1.92 bits per heavy atom. The van der Waals surface area contributed by atoms with E-state index in [1.165, 1.54) is 4.31 Å². The molecule has 1 fully saturated rings. The van der Waals surface area contributed by atoms with Gasteiger partial charge in [-0.25, -0.2) is 12.7 Å². The van der Waals surface area contributed by atoms with Gasteiger partial charge in [0.1, 0.15) is 11.5 Å². The standard InChI is InChI=1S/C17H26N2O5S/c1-4-25(21,22)19-10-6-7-13(12-19)17(20)18-11-14-15(23-2)8-5-9-16(14)24-3/h5,8-9,13H,4,6-7,10-12H2,1-3H3,(H,18,20). The van der Waals surface area contributed by atoms with Crippen LogP contribution >= 0.6 is 0 Å². The molecule has 2 rings (SSSR count). The van der Waals surface area contributed by atoms with E-state index < -0.39 is 10.0 Å². The first-order valence-electron chi connectivity index (χ1n) is 8.38. The fraction of sp³-hybridized carbons (Fsp3) is 0.588. The minimum atomic E-state index is -3.26. The molecule has 8 heteroatoms. The van der Waals surface area contributed by atoms with Crippen molar-refractivity contribution in [3.63, 3.8) is 0 Å². The van der Waals surface area contributed by atoms with Crippen molar-refractivity contribution in [3.05, 3.63) is 23.8 Å². The zero-order valence-electron chi connectivity index (χ0n) is 14.9. The Morgan fingerprint density at radius 3 is 2.48 bits per heavy atom. The van der Waals surface area contributed by atoms with Crippen LogP contribution < -0.4 is 14.8 Å². The van der Waals surface area contributed by atoms with Crippen LogP contribution in [-0.2, 0) is 21.4 Å². The summed E-state index contributed by atoms with van der Waals surface area (Å²) in [6, 6.07) is 5.43. The van der Waals surface area contributed by atoms with Crippen LogP contribution in [0, 0.1) is 5.92 Å². The first-order valence-corrected chi connectivity index (χ1v) is 9.99. The quantitative estimate of drug-likeness (QED) is 0.784. The van der Waals surface area contributed by atoms with Crippen molar-refractivity contribution in [3.8, 4) is 11.5 Å². The third-order valence-corrected chi connectivity index (χ3v) is 6.33. The minimum absolute atomic E-state index is 0.0553. The van der Waals surface area contributed by atoms with Crippen molar-refractivity contribution in [1.29, 1.82) is 0 Å². The van der Waals surface area contributed by atoms with Crippen LogP contribution in [0.1, 0.15) is 25.3 Å². The lowest BCUT2D eigenvalue weighted by molar-refractivity contribution is -0.126. The van der Waals surface area contributed by atoms with E-state index in [2.05, 4.69) is 5.32 Å². The molecule has 25 heavy (non-hydrogen) atoms. The van der Waals surface area contributed by atoms with Crippen LogP contribution in [0.15, 0.2) is 18.2 Å². The molecule has 0 spiro atoms. The Labute approximate surface area is 149 Å². The Morgan fingerprint density at radius 1 is 1.28 bits per heavy atom.